The number of hydrogen-bond donors (Lipinski definition) is 0. The Morgan fingerprint density at radius 1 is 0.450 bits per heavy atom. The third-order valence-electron chi connectivity index (χ3n) is 8.34. The highest BCUT2D eigenvalue weighted by atomic mass is 32.1. The van der Waals surface area contributed by atoms with E-state index in [-0.39, 0.29) is 0 Å². The van der Waals surface area contributed by atoms with Gasteiger partial charge >= 0.3 is 0 Å². The molecule has 0 unspecified atom stereocenters. The van der Waals surface area contributed by atoms with Gasteiger partial charge in [-0.15, -0.1) is 11.3 Å². The molecule has 0 N–H and O–H groups in total. The van der Waals surface area contributed by atoms with E-state index in [4.69, 9.17) is 0 Å². The zero-order valence-electron chi connectivity index (χ0n) is 21.6. The highest BCUT2D eigenvalue weighted by Gasteiger charge is 2.21. The molecule has 0 saturated heterocycles. The third-order valence-corrected chi connectivity index (χ3v) is 9.48. The fraction of sp³-hybridized carbons (Fsp3) is 0. The van der Waals surface area contributed by atoms with Gasteiger partial charge in [0, 0.05) is 41.9 Å². The summed E-state index contributed by atoms with van der Waals surface area (Å²) in [4.78, 5) is 0. The number of rotatable bonds is 2. The van der Waals surface area contributed by atoms with Crippen LogP contribution in [0.4, 0.5) is 0 Å². The van der Waals surface area contributed by atoms with Crippen molar-refractivity contribution in [3.05, 3.63) is 140 Å². The van der Waals surface area contributed by atoms with Crippen LogP contribution in [-0.2, 0) is 0 Å². The summed E-state index contributed by atoms with van der Waals surface area (Å²) in [5, 5.41) is 9.14. The molecule has 186 valence electrons. The number of pyridine rings is 1. The van der Waals surface area contributed by atoms with E-state index >= 15 is 0 Å². The normalized spacial score (nSPS) is 12.0. The average Bonchev–Trinajstić information content (AvgIpc) is 3.60. The first-order valence-electron chi connectivity index (χ1n) is 13.7. The van der Waals surface area contributed by atoms with Gasteiger partial charge in [0.15, 0.2) is 0 Å². The van der Waals surface area contributed by atoms with Gasteiger partial charge in [-0.05, 0) is 46.2 Å². The predicted molar refractivity (Wildman–Crippen MR) is 174 cm³/mol. The Bertz CT molecular complexity index is 2410. The molecule has 3 heterocycles. The van der Waals surface area contributed by atoms with E-state index in [2.05, 4.69) is 144 Å². The van der Waals surface area contributed by atoms with Crippen LogP contribution in [0.1, 0.15) is 0 Å². The van der Waals surface area contributed by atoms with Gasteiger partial charge in [0.1, 0.15) is 0 Å². The molecule has 9 rings (SSSR count). The molecule has 3 aromatic heterocycles. The summed E-state index contributed by atoms with van der Waals surface area (Å²) >= 11 is 1.89. The van der Waals surface area contributed by atoms with E-state index in [0.29, 0.717) is 0 Å². The van der Waals surface area contributed by atoms with E-state index in [9.17, 15) is 0 Å². The second-order valence-corrected chi connectivity index (χ2v) is 11.6. The monoisotopic (exact) mass is 525 g/mol. The van der Waals surface area contributed by atoms with Gasteiger partial charge in [-0.2, -0.15) is 0 Å². The molecule has 0 amide bonds. The fourth-order valence-electron chi connectivity index (χ4n) is 6.59. The Hall–Kier alpha value is -4.92. The van der Waals surface area contributed by atoms with Gasteiger partial charge in [-0.3, -0.25) is 0 Å². The lowest BCUT2D eigenvalue weighted by atomic mass is 9.95. The van der Waals surface area contributed by atoms with Crippen molar-refractivity contribution in [1.29, 1.82) is 0 Å². The van der Waals surface area contributed by atoms with Crippen LogP contribution in [0.25, 0.3) is 80.5 Å². The molecule has 40 heavy (non-hydrogen) atoms. The number of hydrogen-bond acceptors (Lipinski definition) is 1. The van der Waals surface area contributed by atoms with Crippen LogP contribution in [-0.4, -0.2) is 4.40 Å². The summed E-state index contributed by atoms with van der Waals surface area (Å²) in [6.07, 6.45) is 0. The van der Waals surface area contributed by atoms with Crippen molar-refractivity contribution >= 4 is 69.5 Å². The van der Waals surface area contributed by atoms with Crippen molar-refractivity contribution in [1.82, 2.24) is 4.40 Å². The molecule has 0 spiro atoms. The molecule has 0 aliphatic carbocycles. The SMILES string of the molecule is c1ccc(-c2cc(-c3ccccc3)n3c4cc5sc6ccccc6c5cc4c4c5ccccc5ccc4c23)cc1. The summed E-state index contributed by atoms with van der Waals surface area (Å²) in [5.41, 5.74) is 7.45. The summed E-state index contributed by atoms with van der Waals surface area (Å²) in [7, 11) is 0. The van der Waals surface area contributed by atoms with E-state index in [1.54, 1.807) is 0 Å². The Morgan fingerprint density at radius 3 is 1.98 bits per heavy atom. The highest BCUT2D eigenvalue weighted by Crippen LogP contribution is 2.45. The lowest BCUT2D eigenvalue weighted by Gasteiger charge is -2.15. The minimum absolute atomic E-state index is 1.22. The molecular formula is C38H23NS. The van der Waals surface area contributed by atoms with E-state index in [1.807, 2.05) is 11.3 Å². The van der Waals surface area contributed by atoms with Gasteiger partial charge in [-0.25, -0.2) is 0 Å². The number of fused-ring (bicyclic) bond motifs is 11. The molecule has 0 bridgehead atoms. The van der Waals surface area contributed by atoms with Crippen molar-refractivity contribution in [2.75, 3.05) is 0 Å². The molecule has 0 saturated carbocycles. The van der Waals surface area contributed by atoms with Crippen molar-refractivity contribution in [2.24, 2.45) is 0 Å². The van der Waals surface area contributed by atoms with Gasteiger partial charge in [-0.1, -0.05) is 115 Å². The lowest BCUT2D eigenvalue weighted by Crippen LogP contribution is -1.94. The Labute approximate surface area is 235 Å². The van der Waals surface area contributed by atoms with Crippen LogP contribution < -0.4 is 0 Å². The van der Waals surface area contributed by atoms with E-state index in [0.717, 1.165) is 0 Å². The first-order valence-corrected chi connectivity index (χ1v) is 14.5. The number of thiophene rings is 1. The topological polar surface area (TPSA) is 4.41 Å². The standard InChI is InChI=1S/C38H23NS/c1-3-11-24(12-4-1)30-22-33(26-14-5-2-6-15-26)39-34-23-36-31(28-17-9-10-18-35(28)40-36)21-32(34)37-27-16-8-7-13-25(27)19-20-29(37)38(30)39/h1-23H. The molecule has 0 radical (unpaired) electrons. The molecule has 6 aromatic carbocycles. The summed E-state index contributed by atoms with van der Waals surface area (Å²) in [5.74, 6) is 0. The maximum Gasteiger partial charge on any atom is 0.0620 e. The van der Waals surface area contributed by atoms with Gasteiger partial charge in [0.05, 0.1) is 16.7 Å². The fourth-order valence-corrected chi connectivity index (χ4v) is 7.71. The van der Waals surface area contributed by atoms with Crippen LogP contribution in [0.5, 0.6) is 0 Å². The van der Waals surface area contributed by atoms with Crippen molar-refractivity contribution < 1.29 is 0 Å². The second-order valence-electron chi connectivity index (χ2n) is 10.5. The molecule has 2 heteroatoms. The smallest absolute Gasteiger partial charge is 0.0620 e. The summed E-state index contributed by atoms with van der Waals surface area (Å²) < 4.78 is 5.18. The minimum Gasteiger partial charge on any atom is -0.308 e. The van der Waals surface area contributed by atoms with Crippen LogP contribution in [0.15, 0.2) is 140 Å². The predicted octanol–water partition coefficient (Wildman–Crippen LogP) is 11.1. The zero-order valence-corrected chi connectivity index (χ0v) is 22.5. The van der Waals surface area contributed by atoms with Crippen LogP contribution >= 0.6 is 11.3 Å². The van der Waals surface area contributed by atoms with Gasteiger partial charge in [0.2, 0.25) is 0 Å². The Morgan fingerprint density at radius 2 is 1.15 bits per heavy atom. The molecule has 0 aliphatic heterocycles. The van der Waals surface area contributed by atoms with Crippen molar-refractivity contribution in [3.63, 3.8) is 0 Å². The molecule has 0 aliphatic rings. The van der Waals surface area contributed by atoms with Crippen molar-refractivity contribution in [2.45, 2.75) is 0 Å². The second kappa shape index (κ2) is 8.29. The van der Waals surface area contributed by atoms with Crippen LogP contribution in [0, 0.1) is 0 Å². The first-order chi connectivity index (χ1) is 19.8. The first kappa shape index (κ1) is 22.0. The largest absolute Gasteiger partial charge is 0.308 e. The molecule has 0 atom stereocenters. The van der Waals surface area contributed by atoms with Crippen LogP contribution in [0.2, 0.25) is 0 Å². The molecule has 1 nitrogen and oxygen atoms in total. The maximum absolute atomic E-state index is 2.52. The van der Waals surface area contributed by atoms with Crippen LogP contribution in [0.3, 0.4) is 0 Å². The third kappa shape index (κ3) is 3.03. The summed E-state index contributed by atoms with van der Waals surface area (Å²) in [6, 6.07) is 51.2. The minimum atomic E-state index is 1.22. The molecular weight excluding hydrogens is 502 g/mol. The average molecular weight is 526 g/mol. The van der Waals surface area contributed by atoms with Gasteiger partial charge < -0.3 is 4.40 Å². The Balaban J connectivity index is 1.60. The zero-order chi connectivity index (χ0) is 26.2. The number of benzene rings is 6. The number of aromatic nitrogens is 1. The van der Waals surface area contributed by atoms with Crippen molar-refractivity contribution in [3.8, 4) is 22.4 Å². The Kier molecular flexibility index (Phi) is 4.55. The number of nitrogens with zero attached hydrogens (tertiary/aromatic N) is 1. The van der Waals surface area contributed by atoms with E-state index in [1.165, 1.54) is 80.5 Å². The molecule has 9 aromatic rings. The highest BCUT2D eigenvalue weighted by molar-refractivity contribution is 7.25. The maximum atomic E-state index is 2.52. The van der Waals surface area contributed by atoms with E-state index < -0.39 is 0 Å². The summed E-state index contributed by atoms with van der Waals surface area (Å²) in [6.45, 7) is 0. The quantitative estimate of drug-likeness (QED) is 0.198. The lowest BCUT2D eigenvalue weighted by molar-refractivity contribution is 1.29. The molecule has 0 fully saturated rings. The van der Waals surface area contributed by atoms with Gasteiger partial charge in [0.25, 0.3) is 0 Å².